The Morgan fingerprint density at radius 3 is 2.45 bits per heavy atom. The van der Waals surface area contributed by atoms with E-state index in [1.54, 1.807) is 0 Å². The predicted octanol–water partition coefficient (Wildman–Crippen LogP) is 1.13. The van der Waals surface area contributed by atoms with Crippen molar-refractivity contribution in [1.82, 2.24) is 5.32 Å². The van der Waals surface area contributed by atoms with E-state index in [2.05, 4.69) is 10.1 Å². The normalized spacial score (nSPS) is 32.0. The van der Waals surface area contributed by atoms with E-state index < -0.39 is 9.84 Å². The lowest BCUT2D eigenvalue weighted by molar-refractivity contribution is -0.141. The maximum atomic E-state index is 12.7. The Morgan fingerprint density at radius 1 is 1.35 bits per heavy atom. The van der Waals surface area contributed by atoms with Gasteiger partial charge in [-0.15, -0.1) is 0 Å². The van der Waals surface area contributed by atoms with E-state index in [1.165, 1.54) is 7.11 Å². The molecule has 2 aliphatic carbocycles. The minimum absolute atomic E-state index is 0.138. The van der Waals surface area contributed by atoms with E-state index in [9.17, 15) is 13.2 Å². The van der Waals surface area contributed by atoms with E-state index in [4.69, 9.17) is 0 Å². The molecule has 1 N–H and O–H groups in total. The lowest BCUT2D eigenvalue weighted by Crippen LogP contribution is -2.37. The number of esters is 1. The van der Waals surface area contributed by atoms with Crippen molar-refractivity contribution >= 4 is 15.8 Å². The quantitative estimate of drug-likeness (QED) is 0.745. The van der Waals surface area contributed by atoms with E-state index in [0.29, 0.717) is 0 Å². The van der Waals surface area contributed by atoms with Crippen molar-refractivity contribution in [3.05, 3.63) is 0 Å². The van der Waals surface area contributed by atoms with Crippen molar-refractivity contribution in [1.29, 1.82) is 0 Å². The molecule has 0 saturated heterocycles. The molecular formula is C14H25NO4S. The molecule has 0 aromatic heterocycles. The number of rotatable bonds is 6. The van der Waals surface area contributed by atoms with Crippen LogP contribution in [0.15, 0.2) is 0 Å². The lowest BCUT2D eigenvalue weighted by Gasteiger charge is -2.23. The van der Waals surface area contributed by atoms with Gasteiger partial charge in [0.25, 0.3) is 0 Å². The van der Waals surface area contributed by atoms with Crippen molar-refractivity contribution in [3.63, 3.8) is 0 Å². The zero-order valence-electron chi connectivity index (χ0n) is 12.5. The Kier molecular flexibility index (Phi) is 4.44. The molecule has 0 bridgehead atoms. The largest absolute Gasteiger partial charge is 0.469 e. The van der Waals surface area contributed by atoms with Crippen LogP contribution in [0.2, 0.25) is 0 Å². The minimum atomic E-state index is -3.15. The first-order chi connectivity index (χ1) is 9.33. The van der Waals surface area contributed by atoms with E-state index in [0.717, 1.165) is 25.7 Å². The molecule has 2 rings (SSSR count). The fourth-order valence-electron chi connectivity index (χ4n) is 3.50. The molecule has 20 heavy (non-hydrogen) atoms. The molecule has 2 saturated carbocycles. The van der Waals surface area contributed by atoms with Crippen molar-refractivity contribution in [2.24, 2.45) is 11.3 Å². The van der Waals surface area contributed by atoms with Gasteiger partial charge in [0.15, 0.2) is 9.84 Å². The molecule has 0 spiro atoms. The minimum Gasteiger partial charge on any atom is -0.469 e. The highest BCUT2D eigenvalue weighted by molar-refractivity contribution is 7.92. The molecule has 116 valence electrons. The van der Waals surface area contributed by atoms with Crippen molar-refractivity contribution in [3.8, 4) is 0 Å². The number of carbonyl (C=O) groups is 1. The summed E-state index contributed by atoms with van der Waals surface area (Å²) in [5.74, 6) is -0.0234. The van der Waals surface area contributed by atoms with Crippen molar-refractivity contribution < 1.29 is 17.9 Å². The fraction of sp³-hybridized carbons (Fsp3) is 0.929. The van der Waals surface area contributed by atoms with Crippen LogP contribution in [0.3, 0.4) is 0 Å². The zero-order valence-corrected chi connectivity index (χ0v) is 13.3. The summed E-state index contributed by atoms with van der Waals surface area (Å²) >= 11 is 0. The third kappa shape index (κ3) is 3.17. The van der Waals surface area contributed by atoms with Gasteiger partial charge in [0, 0.05) is 6.04 Å². The molecule has 2 fully saturated rings. The number of carbonyl (C=O) groups excluding carboxylic acids is 1. The molecule has 0 aromatic carbocycles. The van der Waals surface area contributed by atoms with E-state index in [1.807, 2.05) is 14.0 Å². The monoisotopic (exact) mass is 303 g/mol. The van der Waals surface area contributed by atoms with Gasteiger partial charge in [-0.05, 0) is 44.1 Å². The average molecular weight is 303 g/mol. The summed E-state index contributed by atoms with van der Waals surface area (Å²) in [7, 11) is 0.0864. The molecule has 2 aliphatic rings. The van der Waals surface area contributed by atoms with Gasteiger partial charge in [-0.1, -0.05) is 6.92 Å². The molecule has 0 heterocycles. The topological polar surface area (TPSA) is 72.5 Å². The van der Waals surface area contributed by atoms with Crippen LogP contribution in [0.25, 0.3) is 0 Å². The highest BCUT2D eigenvalue weighted by atomic mass is 32.2. The van der Waals surface area contributed by atoms with Gasteiger partial charge in [0.1, 0.15) is 0 Å². The fourth-order valence-corrected chi connectivity index (χ4v) is 6.30. The Morgan fingerprint density at radius 2 is 2.00 bits per heavy atom. The van der Waals surface area contributed by atoms with Crippen LogP contribution in [0, 0.1) is 11.3 Å². The number of nitrogens with one attached hydrogen (secondary N) is 1. The maximum absolute atomic E-state index is 12.7. The first kappa shape index (κ1) is 15.8. The molecule has 6 heteroatoms. The zero-order chi connectivity index (χ0) is 15.0. The Hall–Kier alpha value is -0.620. The highest BCUT2D eigenvalue weighted by Crippen LogP contribution is 2.51. The smallest absolute Gasteiger partial charge is 0.306 e. The van der Waals surface area contributed by atoms with Crippen LogP contribution in [0.5, 0.6) is 0 Å². The SMILES string of the molecule is CNC1CCC(S(=O)(=O)CC2(CC(=O)OC)CC2)C1C. The highest BCUT2D eigenvalue weighted by Gasteiger charge is 2.51. The summed E-state index contributed by atoms with van der Waals surface area (Å²) < 4.78 is 30.0. The molecule has 0 aliphatic heterocycles. The number of methoxy groups -OCH3 is 1. The summed E-state index contributed by atoms with van der Waals surface area (Å²) in [5.41, 5.74) is -0.344. The second kappa shape index (κ2) is 5.64. The van der Waals surface area contributed by atoms with Crippen LogP contribution in [0.4, 0.5) is 0 Å². The second-order valence-corrected chi connectivity index (χ2v) is 8.65. The first-order valence-electron chi connectivity index (χ1n) is 7.29. The van der Waals surface area contributed by atoms with Gasteiger partial charge in [-0.3, -0.25) is 4.79 Å². The Labute approximate surface area is 121 Å². The van der Waals surface area contributed by atoms with Crippen molar-refractivity contribution in [2.75, 3.05) is 19.9 Å². The third-order valence-electron chi connectivity index (χ3n) is 5.03. The van der Waals surface area contributed by atoms with E-state index in [-0.39, 0.29) is 40.8 Å². The van der Waals surface area contributed by atoms with Gasteiger partial charge in [-0.2, -0.15) is 0 Å². The van der Waals surface area contributed by atoms with Crippen LogP contribution in [-0.2, 0) is 19.4 Å². The molecule has 0 radical (unpaired) electrons. The van der Waals surface area contributed by atoms with Crippen LogP contribution in [-0.4, -0.2) is 45.6 Å². The summed E-state index contributed by atoms with van der Waals surface area (Å²) in [6, 6.07) is 0.283. The summed E-state index contributed by atoms with van der Waals surface area (Å²) in [4.78, 5) is 11.4. The summed E-state index contributed by atoms with van der Waals surface area (Å²) in [5, 5.41) is 2.93. The average Bonchev–Trinajstić information content (AvgIpc) is 2.99. The third-order valence-corrected chi connectivity index (χ3v) is 7.63. The molecule has 0 aromatic rings. The Bertz CT molecular complexity index is 470. The number of sulfone groups is 1. The predicted molar refractivity (Wildman–Crippen MR) is 77.1 cm³/mol. The molecular weight excluding hydrogens is 278 g/mol. The summed E-state index contributed by atoms with van der Waals surface area (Å²) in [6.45, 7) is 2.01. The maximum Gasteiger partial charge on any atom is 0.306 e. The number of hydrogen-bond donors (Lipinski definition) is 1. The van der Waals surface area contributed by atoms with Crippen LogP contribution >= 0.6 is 0 Å². The Balaban J connectivity index is 2.03. The molecule has 3 atom stereocenters. The van der Waals surface area contributed by atoms with Gasteiger partial charge < -0.3 is 10.1 Å². The molecule has 0 amide bonds. The van der Waals surface area contributed by atoms with Gasteiger partial charge in [-0.25, -0.2) is 8.42 Å². The van der Waals surface area contributed by atoms with Crippen LogP contribution in [0.1, 0.15) is 39.0 Å². The summed E-state index contributed by atoms with van der Waals surface area (Å²) in [6.07, 6.45) is 3.50. The van der Waals surface area contributed by atoms with Crippen molar-refractivity contribution in [2.45, 2.75) is 50.3 Å². The van der Waals surface area contributed by atoms with Gasteiger partial charge >= 0.3 is 5.97 Å². The molecule has 3 unspecified atom stereocenters. The molecule has 5 nitrogen and oxygen atoms in total. The first-order valence-corrected chi connectivity index (χ1v) is 9.01. The second-order valence-electron chi connectivity index (χ2n) is 6.43. The van der Waals surface area contributed by atoms with Gasteiger partial charge in [0.2, 0.25) is 0 Å². The number of hydrogen-bond acceptors (Lipinski definition) is 5. The van der Waals surface area contributed by atoms with Crippen LogP contribution < -0.4 is 5.32 Å². The lowest BCUT2D eigenvalue weighted by atomic mass is 10.1. The van der Waals surface area contributed by atoms with E-state index >= 15 is 0 Å². The number of ether oxygens (including phenoxy) is 1. The standard InChI is InChI=1S/C14H25NO4S/c1-10-11(15-2)4-5-12(10)20(17,18)9-14(6-7-14)8-13(16)19-3/h10-12,15H,4-9H2,1-3H3. The van der Waals surface area contributed by atoms with Gasteiger partial charge in [0.05, 0.1) is 24.5 Å².